The van der Waals surface area contributed by atoms with Gasteiger partial charge in [-0.25, -0.2) is 0 Å². The van der Waals surface area contributed by atoms with E-state index in [0.717, 1.165) is 18.8 Å². The fraction of sp³-hybridized carbons (Fsp3) is 0.889. The minimum absolute atomic E-state index is 0.0272. The van der Waals surface area contributed by atoms with Crippen LogP contribution in [0, 0.1) is 5.92 Å². The van der Waals surface area contributed by atoms with Gasteiger partial charge in [-0.1, -0.05) is 0 Å². The van der Waals surface area contributed by atoms with E-state index in [9.17, 15) is 4.79 Å². The van der Waals surface area contributed by atoms with E-state index in [2.05, 4.69) is 10.1 Å². The molecule has 1 saturated carbocycles. The van der Waals surface area contributed by atoms with Gasteiger partial charge < -0.3 is 10.1 Å². The molecule has 2 fully saturated rings. The van der Waals surface area contributed by atoms with Crippen molar-refractivity contribution in [2.24, 2.45) is 5.92 Å². The Hall–Kier alpha value is -0.570. The minimum atomic E-state index is -0.0989. The number of ether oxygens (including phenoxy) is 1. The smallest absolute Gasteiger partial charge is 0.322 e. The maximum absolute atomic E-state index is 11.1. The SMILES string of the molecule is COC(=O)[C@@H]1CC[C@@H](C2CC2)N1. The molecule has 0 unspecified atom stereocenters. The van der Waals surface area contributed by atoms with Crippen molar-refractivity contribution in [1.82, 2.24) is 5.32 Å². The summed E-state index contributed by atoms with van der Waals surface area (Å²) in [6.07, 6.45) is 4.77. The van der Waals surface area contributed by atoms with Crippen LogP contribution in [0.3, 0.4) is 0 Å². The lowest BCUT2D eigenvalue weighted by atomic mass is 10.1. The summed E-state index contributed by atoms with van der Waals surface area (Å²) in [5.74, 6) is 0.748. The summed E-state index contributed by atoms with van der Waals surface area (Å²) < 4.78 is 4.68. The van der Waals surface area contributed by atoms with Gasteiger partial charge in [0.25, 0.3) is 0 Å². The maximum Gasteiger partial charge on any atom is 0.322 e. The van der Waals surface area contributed by atoms with E-state index in [-0.39, 0.29) is 12.0 Å². The Morgan fingerprint density at radius 3 is 2.67 bits per heavy atom. The van der Waals surface area contributed by atoms with E-state index in [0.29, 0.717) is 6.04 Å². The summed E-state index contributed by atoms with van der Waals surface area (Å²) in [5, 5.41) is 3.33. The fourth-order valence-electron chi connectivity index (χ4n) is 1.97. The van der Waals surface area contributed by atoms with E-state index in [4.69, 9.17) is 0 Å². The molecule has 1 aliphatic heterocycles. The van der Waals surface area contributed by atoms with E-state index in [1.54, 1.807) is 0 Å². The molecule has 1 heterocycles. The van der Waals surface area contributed by atoms with Crippen molar-refractivity contribution in [3.05, 3.63) is 0 Å². The summed E-state index contributed by atoms with van der Waals surface area (Å²) in [6.45, 7) is 0. The molecule has 2 rings (SSSR count). The van der Waals surface area contributed by atoms with Crippen LogP contribution in [0.1, 0.15) is 25.7 Å². The zero-order valence-electron chi connectivity index (χ0n) is 7.38. The number of carbonyl (C=O) groups excluding carboxylic acids is 1. The molecule has 3 heteroatoms. The number of hydrogen-bond acceptors (Lipinski definition) is 3. The number of nitrogens with one attached hydrogen (secondary N) is 1. The standard InChI is InChI=1S/C9H15NO2/c1-12-9(11)8-5-4-7(10-8)6-2-3-6/h6-8,10H,2-5H2,1H3/t7-,8-/m0/s1. The molecular formula is C9H15NO2. The van der Waals surface area contributed by atoms with Crippen LogP contribution in [-0.4, -0.2) is 25.2 Å². The number of carbonyl (C=O) groups is 1. The molecule has 0 amide bonds. The van der Waals surface area contributed by atoms with Crippen molar-refractivity contribution in [2.45, 2.75) is 37.8 Å². The Labute approximate surface area is 72.5 Å². The molecule has 2 atom stereocenters. The molecule has 3 nitrogen and oxygen atoms in total. The van der Waals surface area contributed by atoms with Crippen molar-refractivity contribution < 1.29 is 9.53 Å². The van der Waals surface area contributed by atoms with Crippen LogP contribution in [0.4, 0.5) is 0 Å². The lowest BCUT2D eigenvalue weighted by Crippen LogP contribution is -2.37. The minimum Gasteiger partial charge on any atom is -0.468 e. The molecule has 1 N–H and O–H groups in total. The first-order chi connectivity index (χ1) is 5.81. The molecule has 0 aromatic heterocycles. The van der Waals surface area contributed by atoms with Crippen LogP contribution in [-0.2, 0) is 9.53 Å². The van der Waals surface area contributed by atoms with Gasteiger partial charge in [-0.2, -0.15) is 0 Å². The van der Waals surface area contributed by atoms with Gasteiger partial charge >= 0.3 is 5.97 Å². The first kappa shape index (κ1) is 8.05. The highest BCUT2D eigenvalue weighted by molar-refractivity contribution is 5.76. The lowest BCUT2D eigenvalue weighted by molar-refractivity contribution is -0.142. The predicted octanol–water partition coefficient (Wildman–Crippen LogP) is 0.690. The molecule has 0 bridgehead atoms. The Balaban J connectivity index is 1.84. The quantitative estimate of drug-likeness (QED) is 0.618. The third kappa shape index (κ3) is 1.46. The Morgan fingerprint density at radius 1 is 1.33 bits per heavy atom. The van der Waals surface area contributed by atoms with E-state index in [1.807, 2.05) is 0 Å². The van der Waals surface area contributed by atoms with Crippen LogP contribution in [0.5, 0.6) is 0 Å². The fourth-order valence-corrected chi connectivity index (χ4v) is 1.97. The predicted molar refractivity (Wildman–Crippen MR) is 44.7 cm³/mol. The normalized spacial score (nSPS) is 35.1. The summed E-state index contributed by atoms with van der Waals surface area (Å²) >= 11 is 0. The van der Waals surface area contributed by atoms with Crippen molar-refractivity contribution in [2.75, 3.05) is 7.11 Å². The van der Waals surface area contributed by atoms with Gasteiger partial charge in [-0.3, -0.25) is 4.79 Å². The zero-order chi connectivity index (χ0) is 8.55. The summed E-state index contributed by atoms with van der Waals surface area (Å²) in [4.78, 5) is 11.1. The molecule has 0 radical (unpaired) electrons. The zero-order valence-corrected chi connectivity index (χ0v) is 7.38. The number of esters is 1. The van der Waals surface area contributed by atoms with Crippen LogP contribution in [0.25, 0.3) is 0 Å². The van der Waals surface area contributed by atoms with Gasteiger partial charge in [-0.15, -0.1) is 0 Å². The van der Waals surface area contributed by atoms with Gasteiger partial charge in [0.2, 0.25) is 0 Å². The third-order valence-electron chi connectivity index (χ3n) is 2.86. The number of hydrogen-bond donors (Lipinski definition) is 1. The maximum atomic E-state index is 11.1. The number of rotatable bonds is 2. The Bertz CT molecular complexity index is 189. The van der Waals surface area contributed by atoms with E-state index < -0.39 is 0 Å². The summed E-state index contributed by atoms with van der Waals surface area (Å²) in [6, 6.07) is 0.565. The second kappa shape index (κ2) is 3.05. The Morgan fingerprint density at radius 2 is 2.08 bits per heavy atom. The Kier molecular flexibility index (Phi) is 2.05. The molecule has 0 aromatic rings. The van der Waals surface area contributed by atoms with Gasteiger partial charge in [0.15, 0.2) is 0 Å². The van der Waals surface area contributed by atoms with Gasteiger partial charge in [0.05, 0.1) is 7.11 Å². The summed E-state index contributed by atoms with van der Waals surface area (Å²) in [5.41, 5.74) is 0. The molecule has 1 saturated heterocycles. The second-order valence-corrected chi connectivity index (χ2v) is 3.76. The first-order valence-corrected chi connectivity index (χ1v) is 4.65. The van der Waals surface area contributed by atoms with Crippen molar-refractivity contribution in [3.63, 3.8) is 0 Å². The topological polar surface area (TPSA) is 38.3 Å². The van der Waals surface area contributed by atoms with Crippen molar-refractivity contribution in [1.29, 1.82) is 0 Å². The first-order valence-electron chi connectivity index (χ1n) is 4.65. The van der Waals surface area contributed by atoms with Crippen LogP contribution >= 0.6 is 0 Å². The second-order valence-electron chi connectivity index (χ2n) is 3.76. The highest BCUT2D eigenvalue weighted by Crippen LogP contribution is 2.37. The highest BCUT2D eigenvalue weighted by Gasteiger charge is 2.38. The molecule has 68 valence electrons. The van der Waals surface area contributed by atoms with E-state index >= 15 is 0 Å². The molecule has 0 spiro atoms. The van der Waals surface area contributed by atoms with Crippen molar-refractivity contribution >= 4 is 5.97 Å². The van der Waals surface area contributed by atoms with Gasteiger partial charge in [-0.05, 0) is 31.6 Å². The van der Waals surface area contributed by atoms with Crippen LogP contribution in [0.15, 0.2) is 0 Å². The largest absolute Gasteiger partial charge is 0.468 e. The highest BCUT2D eigenvalue weighted by atomic mass is 16.5. The molecule has 1 aliphatic carbocycles. The lowest BCUT2D eigenvalue weighted by Gasteiger charge is -2.11. The molecule has 12 heavy (non-hydrogen) atoms. The average Bonchev–Trinajstić information content (AvgIpc) is 2.83. The average molecular weight is 169 g/mol. The molecular weight excluding hydrogens is 154 g/mol. The van der Waals surface area contributed by atoms with Gasteiger partial charge in [0, 0.05) is 6.04 Å². The third-order valence-corrected chi connectivity index (χ3v) is 2.86. The van der Waals surface area contributed by atoms with Crippen LogP contribution < -0.4 is 5.32 Å². The molecule has 0 aromatic carbocycles. The van der Waals surface area contributed by atoms with Gasteiger partial charge in [0.1, 0.15) is 6.04 Å². The monoisotopic (exact) mass is 169 g/mol. The van der Waals surface area contributed by atoms with Crippen LogP contribution in [0.2, 0.25) is 0 Å². The summed E-state index contributed by atoms with van der Waals surface area (Å²) in [7, 11) is 1.45. The van der Waals surface area contributed by atoms with Crippen molar-refractivity contribution in [3.8, 4) is 0 Å². The molecule has 2 aliphatic rings. The van der Waals surface area contributed by atoms with E-state index in [1.165, 1.54) is 20.0 Å². The number of methoxy groups -OCH3 is 1.